The Morgan fingerprint density at radius 1 is 0.816 bits per heavy atom. The van der Waals surface area contributed by atoms with E-state index >= 15 is 4.39 Å². The first-order valence-corrected chi connectivity index (χ1v) is 17.1. The minimum atomic E-state index is -0.608. The highest BCUT2D eigenvalue weighted by Gasteiger charge is 2.37. The first kappa shape index (κ1) is 32.7. The van der Waals surface area contributed by atoms with E-state index < -0.39 is 23.1 Å². The van der Waals surface area contributed by atoms with Crippen molar-refractivity contribution in [2.45, 2.75) is 103 Å². The fourth-order valence-corrected chi connectivity index (χ4v) is 7.01. The number of benzene rings is 2. The third-order valence-electron chi connectivity index (χ3n) is 9.10. The Hall–Kier alpha value is -4.85. The number of H-pyrrole nitrogens is 2. The van der Waals surface area contributed by atoms with Gasteiger partial charge in [-0.2, -0.15) is 0 Å². The third-order valence-corrected chi connectivity index (χ3v) is 9.10. The molecule has 2 N–H and O–H groups in total. The van der Waals surface area contributed by atoms with Crippen LogP contribution in [-0.4, -0.2) is 66.2 Å². The molecule has 49 heavy (non-hydrogen) atoms. The van der Waals surface area contributed by atoms with Crippen LogP contribution >= 0.6 is 0 Å². The molecule has 10 nitrogen and oxygen atoms in total. The van der Waals surface area contributed by atoms with Crippen LogP contribution in [0.15, 0.2) is 30.3 Å². The highest BCUT2D eigenvalue weighted by Crippen LogP contribution is 2.38. The van der Waals surface area contributed by atoms with Gasteiger partial charge in [-0.25, -0.2) is 23.9 Å². The molecule has 2 aromatic heterocycles. The molecule has 0 saturated carbocycles. The number of aromatic amines is 2. The number of amides is 2. The second-order valence-corrected chi connectivity index (χ2v) is 15.2. The number of aromatic nitrogens is 4. The summed E-state index contributed by atoms with van der Waals surface area (Å²) in [5, 5.41) is 0. The normalized spacial score (nSPS) is 19.0. The lowest BCUT2D eigenvalue weighted by Crippen LogP contribution is -2.36. The Morgan fingerprint density at radius 2 is 1.43 bits per heavy atom. The van der Waals surface area contributed by atoms with Crippen molar-refractivity contribution in [1.29, 1.82) is 0 Å². The van der Waals surface area contributed by atoms with Crippen LogP contribution in [0.1, 0.15) is 113 Å². The number of aryl methyl sites for hydroxylation is 2. The van der Waals surface area contributed by atoms with Crippen LogP contribution in [0, 0.1) is 17.7 Å². The van der Waals surface area contributed by atoms with Gasteiger partial charge in [-0.3, -0.25) is 9.80 Å². The molecule has 3 aliphatic rings. The largest absolute Gasteiger partial charge is 0.444 e. The lowest BCUT2D eigenvalue weighted by molar-refractivity contribution is 0.0208. The van der Waals surface area contributed by atoms with E-state index in [-0.39, 0.29) is 23.7 Å². The average molecular weight is 667 g/mol. The molecular weight excluding hydrogens is 623 g/mol. The first-order valence-electron chi connectivity index (χ1n) is 17.1. The predicted molar refractivity (Wildman–Crippen MR) is 183 cm³/mol. The Labute approximate surface area is 285 Å². The molecule has 2 amide bonds. The third kappa shape index (κ3) is 6.74. The maximum Gasteiger partial charge on any atom is 0.410 e. The van der Waals surface area contributed by atoms with Gasteiger partial charge < -0.3 is 19.4 Å². The molecule has 2 aliphatic heterocycles. The van der Waals surface area contributed by atoms with Gasteiger partial charge in [0.15, 0.2) is 5.82 Å². The summed E-state index contributed by atoms with van der Waals surface area (Å²) < 4.78 is 26.5. The summed E-state index contributed by atoms with van der Waals surface area (Å²) in [6, 6.07) is 8.85. The molecule has 256 valence electrons. The molecule has 2 saturated heterocycles. The highest BCUT2D eigenvalue weighted by molar-refractivity contribution is 5.78. The molecule has 7 rings (SSSR count). The maximum absolute atomic E-state index is 15.3. The number of carbonyl (C=O) groups excluding carboxylic acids is 2. The van der Waals surface area contributed by atoms with Crippen molar-refractivity contribution in [2.75, 3.05) is 13.1 Å². The number of nitrogens with one attached hydrogen (secondary N) is 2. The van der Waals surface area contributed by atoms with Gasteiger partial charge in [-0.05, 0) is 110 Å². The minimum absolute atomic E-state index is 0.139. The minimum Gasteiger partial charge on any atom is -0.444 e. The topological polar surface area (TPSA) is 116 Å². The van der Waals surface area contributed by atoms with Gasteiger partial charge in [0, 0.05) is 35.5 Å². The van der Waals surface area contributed by atoms with Gasteiger partial charge >= 0.3 is 12.2 Å². The number of hydrogen-bond donors (Lipinski definition) is 2. The number of halogens is 1. The summed E-state index contributed by atoms with van der Waals surface area (Å²) >= 11 is 0. The SMILES string of the molecule is CC(C)(C)OC(=O)N1CCC[C@H]1c1nc2c([nH]1)CCc1cc(C#Cc3cc(F)c4nc([C@@H]5CCCN5C(=O)OC(C)(C)C)[nH]c4c3)ccc1-2. The van der Waals surface area contributed by atoms with E-state index in [1.165, 1.54) is 6.07 Å². The molecule has 1 aliphatic carbocycles. The lowest BCUT2D eigenvalue weighted by atomic mass is 9.91. The van der Waals surface area contributed by atoms with E-state index in [9.17, 15) is 9.59 Å². The summed E-state index contributed by atoms with van der Waals surface area (Å²) in [4.78, 5) is 45.5. The van der Waals surface area contributed by atoms with Crippen molar-refractivity contribution < 1.29 is 23.5 Å². The van der Waals surface area contributed by atoms with E-state index in [1.54, 1.807) is 15.9 Å². The zero-order valence-electron chi connectivity index (χ0n) is 29.0. The van der Waals surface area contributed by atoms with Gasteiger partial charge in [-0.1, -0.05) is 17.9 Å². The number of rotatable bonds is 2. The Balaban J connectivity index is 1.09. The second-order valence-electron chi connectivity index (χ2n) is 15.2. The molecule has 2 fully saturated rings. The van der Waals surface area contributed by atoms with Crippen molar-refractivity contribution in [1.82, 2.24) is 29.7 Å². The molecule has 11 heteroatoms. The van der Waals surface area contributed by atoms with Crippen LogP contribution in [-0.2, 0) is 22.3 Å². The van der Waals surface area contributed by atoms with Gasteiger partial charge in [0.05, 0.1) is 23.3 Å². The molecule has 2 aromatic carbocycles. The zero-order chi connectivity index (χ0) is 34.7. The van der Waals surface area contributed by atoms with E-state index in [4.69, 9.17) is 14.5 Å². The molecule has 2 atom stereocenters. The number of likely N-dealkylation sites (tertiary alicyclic amines) is 2. The number of hydrogen-bond acceptors (Lipinski definition) is 6. The number of carbonyl (C=O) groups is 2. The standard InChI is InChI=1S/C38H43FN6O4/c1-37(2,3)48-35(46)44-17-7-9-29(44)33-40-27-16-14-24-19-22(13-15-25(24)31(27)42-33)11-12-23-20-26(39)32-28(21-23)41-34(43-32)30-10-8-18-45(30)36(47)49-38(4,5)6/h13,15,19-21,29-30H,7-10,14,16-18H2,1-6H3,(H,40,42)(H,41,43)/t29-,30-/m0/s1. The van der Waals surface area contributed by atoms with Gasteiger partial charge in [-0.15, -0.1) is 0 Å². The van der Waals surface area contributed by atoms with E-state index in [0.717, 1.165) is 72.4 Å². The maximum atomic E-state index is 15.3. The van der Waals surface area contributed by atoms with Crippen LogP contribution in [0.4, 0.5) is 14.0 Å². The van der Waals surface area contributed by atoms with Crippen LogP contribution in [0.25, 0.3) is 22.3 Å². The predicted octanol–water partition coefficient (Wildman–Crippen LogP) is 7.73. The molecule has 0 radical (unpaired) electrons. The monoisotopic (exact) mass is 666 g/mol. The van der Waals surface area contributed by atoms with Crippen LogP contribution in [0.5, 0.6) is 0 Å². The van der Waals surface area contributed by atoms with E-state index in [0.29, 0.717) is 30.0 Å². The fourth-order valence-electron chi connectivity index (χ4n) is 7.01. The van der Waals surface area contributed by atoms with Gasteiger partial charge in [0.2, 0.25) is 0 Å². The summed E-state index contributed by atoms with van der Waals surface area (Å²) in [7, 11) is 0. The Bertz CT molecular complexity index is 2010. The lowest BCUT2D eigenvalue weighted by Gasteiger charge is -2.27. The second kappa shape index (κ2) is 12.2. The Kier molecular flexibility index (Phi) is 8.16. The van der Waals surface area contributed by atoms with Crippen molar-refractivity contribution in [2.24, 2.45) is 0 Å². The molecular formula is C38H43FN6O4. The summed E-state index contributed by atoms with van der Waals surface area (Å²) in [6.45, 7) is 12.4. The van der Waals surface area contributed by atoms with Crippen molar-refractivity contribution >= 4 is 23.2 Å². The number of fused-ring (bicyclic) bond motifs is 4. The highest BCUT2D eigenvalue weighted by atomic mass is 19.1. The van der Waals surface area contributed by atoms with Crippen molar-refractivity contribution in [3.05, 3.63) is 70.2 Å². The van der Waals surface area contributed by atoms with E-state index in [1.807, 2.05) is 53.7 Å². The molecule has 0 bridgehead atoms. The first-order chi connectivity index (χ1) is 23.2. The van der Waals surface area contributed by atoms with Gasteiger partial charge in [0.25, 0.3) is 0 Å². The van der Waals surface area contributed by atoms with Crippen LogP contribution < -0.4 is 0 Å². The quantitative estimate of drug-likeness (QED) is 0.212. The zero-order valence-corrected chi connectivity index (χ0v) is 29.0. The summed E-state index contributed by atoms with van der Waals surface area (Å²) in [5.74, 6) is 7.22. The van der Waals surface area contributed by atoms with Crippen LogP contribution in [0.2, 0.25) is 0 Å². The van der Waals surface area contributed by atoms with Crippen molar-refractivity contribution in [3.8, 4) is 23.1 Å². The molecule has 4 aromatic rings. The van der Waals surface area contributed by atoms with E-state index in [2.05, 4.69) is 32.9 Å². The Morgan fingerprint density at radius 3 is 2.06 bits per heavy atom. The molecule has 0 unspecified atom stereocenters. The van der Waals surface area contributed by atoms with Gasteiger partial charge in [0.1, 0.15) is 28.4 Å². The molecule has 4 heterocycles. The number of imidazole rings is 2. The number of nitrogens with zero attached hydrogens (tertiary/aromatic N) is 4. The smallest absolute Gasteiger partial charge is 0.410 e. The summed E-state index contributed by atoms with van der Waals surface area (Å²) in [6.07, 6.45) is 4.22. The van der Waals surface area contributed by atoms with Crippen LogP contribution in [0.3, 0.4) is 0 Å². The molecule has 0 spiro atoms. The summed E-state index contributed by atoms with van der Waals surface area (Å²) in [5.41, 5.74) is 5.16. The van der Waals surface area contributed by atoms with Crippen molar-refractivity contribution in [3.63, 3.8) is 0 Å². The fraction of sp³-hybridized carbons (Fsp3) is 0.474. The average Bonchev–Trinajstić information content (AvgIpc) is 3.83. The number of ether oxygens (including phenoxy) is 2.